The number of anilines is 1. The van der Waals surface area contributed by atoms with E-state index in [1.807, 2.05) is 45.0 Å². The zero-order chi connectivity index (χ0) is 21.9. The van der Waals surface area contributed by atoms with Crippen molar-refractivity contribution in [2.45, 2.75) is 25.2 Å². The molecule has 0 fully saturated rings. The Labute approximate surface area is 182 Å². The van der Waals surface area contributed by atoms with Crippen LogP contribution in [-0.2, 0) is 14.6 Å². The molecule has 8 heteroatoms. The quantitative estimate of drug-likeness (QED) is 0.529. The zero-order valence-corrected chi connectivity index (χ0v) is 19.4. The number of nitrogens with zero attached hydrogens (tertiary/aromatic N) is 3. The van der Waals surface area contributed by atoms with Crippen LogP contribution in [0.25, 0.3) is 10.2 Å². The highest BCUT2D eigenvalue weighted by Gasteiger charge is 2.26. The van der Waals surface area contributed by atoms with E-state index >= 15 is 0 Å². The van der Waals surface area contributed by atoms with Gasteiger partial charge in [-0.1, -0.05) is 35.6 Å². The van der Waals surface area contributed by atoms with Gasteiger partial charge in [0.25, 0.3) is 0 Å². The summed E-state index contributed by atoms with van der Waals surface area (Å²) in [5.74, 6) is -1.03. The predicted octanol–water partition coefficient (Wildman–Crippen LogP) is 3.67. The number of benzene rings is 2. The fourth-order valence-electron chi connectivity index (χ4n) is 3.15. The molecule has 0 saturated heterocycles. The molecule has 30 heavy (non-hydrogen) atoms. The minimum absolute atomic E-state index is 0.155. The number of carbonyl (C=O) groups excluding carboxylic acids is 1. The molecule has 2 aromatic carbocycles. The summed E-state index contributed by atoms with van der Waals surface area (Å²) >= 11 is 1.42. The molecule has 0 unspecified atom stereocenters. The van der Waals surface area contributed by atoms with E-state index < -0.39 is 21.5 Å². The summed E-state index contributed by atoms with van der Waals surface area (Å²) in [7, 11) is 0.213. The Balaban J connectivity index is 1.92. The number of sulfone groups is 1. The van der Waals surface area contributed by atoms with Gasteiger partial charge in [0.15, 0.2) is 15.0 Å². The summed E-state index contributed by atoms with van der Waals surface area (Å²) in [5.41, 5.74) is 3.08. The highest BCUT2D eigenvalue weighted by atomic mass is 32.2. The Morgan fingerprint density at radius 2 is 1.73 bits per heavy atom. The van der Waals surface area contributed by atoms with Gasteiger partial charge in [0.1, 0.15) is 5.75 Å². The van der Waals surface area contributed by atoms with Crippen molar-refractivity contribution in [1.82, 2.24) is 9.88 Å². The average Bonchev–Trinajstić information content (AvgIpc) is 3.13. The zero-order valence-electron chi connectivity index (χ0n) is 17.8. The smallest absolute Gasteiger partial charge is 0.244 e. The summed E-state index contributed by atoms with van der Waals surface area (Å²) in [6.07, 6.45) is 0.720. The van der Waals surface area contributed by atoms with Crippen molar-refractivity contribution in [1.29, 1.82) is 0 Å². The Hall–Kier alpha value is -2.29. The minimum atomic E-state index is -3.72. The molecule has 0 atom stereocenters. The fraction of sp³-hybridized carbons (Fsp3) is 0.364. The van der Waals surface area contributed by atoms with Crippen LogP contribution in [0.5, 0.6) is 0 Å². The number of fused-ring (bicyclic) bond motifs is 1. The van der Waals surface area contributed by atoms with E-state index in [-0.39, 0.29) is 4.90 Å². The van der Waals surface area contributed by atoms with Crippen LogP contribution >= 0.6 is 11.3 Å². The van der Waals surface area contributed by atoms with Gasteiger partial charge in [0, 0.05) is 6.54 Å². The molecule has 0 aliphatic rings. The number of rotatable bonds is 8. The van der Waals surface area contributed by atoms with Gasteiger partial charge in [0.2, 0.25) is 5.91 Å². The largest absolute Gasteiger partial charge is 0.309 e. The number of aryl methyl sites for hydroxylation is 2. The predicted molar refractivity (Wildman–Crippen MR) is 123 cm³/mol. The van der Waals surface area contributed by atoms with Crippen molar-refractivity contribution in [2.75, 3.05) is 37.8 Å². The topological polar surface area (TPSA) is 70.6 Å². The lowest BCUT2D eigenvalue weighted by Gasteiger charge is -2.21. The van der Waals surface area contributed by atoms with Gasteiger partial charge >= 0.3 is 0 Å². The van der Waals surface area contributed by atoms with Gasteiger partial charge in [-0.2, -0.15) is 0 Å². The molecule has 0 bridgehead atoms. The van der Waals surface area contributed by atoms with Gasteiger partial charge in [0.05, 0.1) is 15.1 Å². The normalized spacial score (nSPS) is 11.9. The van der Waals surface area contributed by atoms with Gasteiger partial charge in [-0.3, -0.25) is 9.69 Å². The second kappa shape index (κ2) is 9.24. The van der Waals surface area contributed by atoms with Crippen LogP contribution < -0.4 is 4.90 Å². The lowest BCUT2D eigenvalue weighted by atomic mass is 10.1. The highest BCUT2D eigenvalue weighted by molar-refractivity contribution is 7.92. The molecule has 0 aliphatic heterocycles. The minimum Gasteiger partial charge on any atom is -0.309 e. The van der Waals surface area contributed by atoms with E-state index in [4.69, 9.17) is 4.98 Å². The van der Waals surface area contributed by atoms with Crippen LogP contribution in [0, 0.1) is 13.8 Å². The number of hydrogen-bond acceptors (Lipinski definition) is 6. The molecule has 1 aromatic heterocycles. The third-order valence-electron chi connectivity index (χ3n) is 5.01. The standard InChI is InChI=1S/C22H27N3O3S2/c1-16-11-12-19-21(17(16)2)23-22(29-19)25(14-8-13-24(3)4)20(26)15-30(27,28)18-9-6-5-7-10-18/h5-7,9-12H,8,13-15H2,1-4H3. The number of hydrogen-bond donors (Lipinski definition) is 0. The molecule has 0 aliphatic carbocycles. The first-order chi connectivity index (χ1) is 14.2. The van der Waals surface area contributed by atoms with Crippen LogP contribution in [0.4, 0.5) is 5.13 Å². The molecule has 0 N–H and O–H groups in total. The van der Waals surface area contributed by atoms with Crippen molar-refractivity contribution in [2.24, 2.45) is 0 Å². The number of thiazole rings is 1. The van der Waals surface area contributed by atoms with Crippen molar-refractivity contribution >= 4 is 42.4 Å². The first-order valence-electron chi connectivity index (χ1n) is 9.78. The van der Waals surface area contributed by atoms with Crippen LogP contribution in [0.3, 0.4) is 0 Å². The van der Waals surface area contributed by atoms with E-state index in [9.17, 15) is 13.2 Å². The second-order valence-corrected chi connectivity index (χ2v) is 10.6. The lowest BCUT2D eigenvalue weighted by molar-refractivity contribution is -0.116. The molecular weight excluding hydrogens is 418 g/mol. The maximum atomic E-state index is 13.1. The van der Waals surface area contributed by atoms with Crippen molar-refractivity contribution in [3.8, 4) is 0 Å². The molecule has 3 rings (SSSR count). The van der Waals surface area contributed by atoms with E-state index in [1.165, 1.54) is 28.4 Å². The van der Waals surface area contributed by atoms with Crippen molar-refractivity contribution in [3.05, 3.63) is 53.6 Å². The maximum absolute atomic E-state index is 13.1. The van der Waals surface area contributed by atoms with Crippen LogP contribution in [0.1, 0.15) is 17.5 Å². The average molecular weight is 446 g/mol. The molecule has 0 spiro atoms. The second-order valence-electron chi connectivity index (χ2n) is 7.62. The summed E-state index contributed by atoms with van der Waals surface area (Å²) in [6, 6.07) is 12.1. The lowest BCUT2D eigenvalue weighted by Crippen LogP contribution is -2.37. The molecule has 1 heterocycles. The van der Waals surface area contributed by atoms with Crippen molar-refractivity contribution < 1.29 is 13.2 Å². The summed E-state index contributed by atoms with van der Waals surface area (Å²) < 4.78 is 26.5. The monoisotopic (exact) mass is 445 g/mol. The van der Waals surface area contributed by atoms with E-state index in [0.29, 0.717) is 11.7 Å². The molecule has 6 nitrogen and oxygen atoms in total. The van der Waals surface area contributed by atoms with Gasteiger partial charge in [-0.05, 0) is 70.2 Å². The number of carbonyl (C=O) groups is 1. The fourth-order valence-corrected chi connectivity index (χ4v) is 5.44. The molecular formula is C22H27N3O3S2. The van der Waals surface area contributed by atoms with Crippen LogP contribution in [0.15, 0.2) is 47.4 Å². The van der Waals surface area contributed by atoms with E-state index in [0.717, 1.165) is 34.3 Å². The van der Waals surface area contributed by atoms with Gasteiger partial charge < -0.3 is 4.90 Å². The van der Waals surface area contributed by atoms with Crippen molar-refractivity contribution in [3.63, 3.8) is 0 Å². The maximum Gasteiger partial charge on any atom is 0.244 e. The first-order valence-corrected chi connectivity index (χ1v) is 12.3. The number of amides is 1. The molecule has 1 amide bonds. The van der Waals surface area contributed by atoms with E-state index in [2.05, 4.69) is 0 Å². The molecule has 0 saturated carbocycles. The summed E-state index contributed by atoms with van der Waals surface area (Å²) in [6.45, 7) is 5.25. The Morgan fingerprint density at radius 3 is 2.40 bits per heavy atom. The van der Waals surface area contributed by atoms with Crippen LogP contribution in [0.2, 0.25) is 0 Å². The Morgan fingerprint density at radius 1 is 1.03 bits per heavy atom. The van der Waals surface area contributed by atoms with Gasteiger partial charge in [-0.15, -0.1) is 0 Å². The molecule has 3 aromatic rings. The molecule has 160 valence electrons. The van der Waals surface area contributed by atoms with E-state index in [1.54, 1.807) is 18.2 Å². The number of aromatic nitrogens is 1. The third-order valence-corrected chi connectivity index (χ3v) is 7.67. The SMILES string of the molecule is Cc1ccc2sc(N(CCCN(C)C)C(=O)CS(=O)(=O)c3ccccc3)nc2c1C. The highest BCUT2D eigenvalue weighted by Crippen LogP contribution is 2.32. The third kappa shape index (κ3) is 5.06. The van der Waals surface area contributed by atoms with Crippen LogP contribution in [-0.4, -0.2) is 57.1 Å². The summed E-state index contributed by atoms with van der Waals surface area (Å²) in [5, 5.41) is 0.547. The first kappa shape index (κ1) is 22.4. The summed E-state index contributed by atoms with van der Waals surface area (Å²) in [4.78, 5) is 21.6. The Kier molecular flexibility index (Phi) is 6.90. The Bertz CT molecular complexity index is 1140. The molecule has 0 radical (unpaired) electrons. The van der Waals surface area contributed by atoms with Gasteiger partial charge in [-0.25, -0.2) is 13.4 Å².